The highest BCUT2D eigenvalue weighted by atomic mass is 32.1. The van der Waals surface area contributed by atoms with E-state index in [2.05, 4.69) is 10.2 Å². The third-order valence-corrected chi connectivity index (χ3v) is 5.80. The maximum atomic E-state index is 11.0. The van der Waals surface area contributed by atoms with Gasteiger partial charge in [-0.1, -0.05) is 18.6 Å². The number of carboxylic acids is 1. The maximum Gasteiger partial charge on any atom is 0.303 e. The van der Waals surface area contributed by atoms with Gasteiger partial charge in [-0.3, -0.25) is 19.5 Å². The van der Waals surface area contributed by atoms with Gasteiger partial charge in [0.2, 0.25) is 5.88 Å². The zero-order chi connectivity index (χ0) is 21.7. The first-order valence-corrected chi connectivity index (χ1v) is 10.3. The summed E-state index contributed by atoms with van der Waals surface area (Å²) in [6, 6.07) is 6.11. The molecule has 1 aliphatic rings. The van der Waals surface area contributed by atoms with Crippen LogP contribution in [0.3, 0.4) is 0 Å². The molecule has 0 saturated heterocycles. The molecule has 0 amide bonds. The molecule has 0 saturated carbocycles. The van der Waals surface area contributed by atoms with Gasteiger partial charge in [-0.15, -0.1) is 16.4 Å². The van der Waals surface area contributed by atoms with Crippen LogP contribution in [0.4, 0.5) is 5.69 Å². The molecule has 0 atom stereocenters. The molecule has 156 valence electrons. The van der Waals surface area contributed by atoms with Crippen LogP contribution in [0.2, 0.25) is 0 Å². The number of nitrogens with zero attached hydrogens (tertiary/aromatic N) is 4. The van der Waals surface area contributed by atoms with E-state index < -0.39 is 10.9 Å². The maximum absolute atomic E-state index is 11.0. The number of unbranched alkanes of at least 4 members (excludes halogenated alkanes) is 2. The molecule has 1 aromatic carbocycles. The Morgan fingerprint density at radius 3 is 2.87 bits per heavy atom. The molecule has 1 aromatic heterocycles. The van der Waals surface area contributed by atoms with Crippen LogP contribution >= 0.6 is 23.6 Å². The lowest BCUT2D eigenvalue weighted by Crippen LogP contribution is -2.03. The second-order valence-electron chi connectivity index (χ2n) is 6.51. The van der Waals surface area contributed by atoms with Crippen molar-refractivity contribution in [1.82, 2.24) is 4.57 Å². The molecule has 0 fully saturated rings. The summed E-state index contributed by atoms with van der Waals surface area (Å²) in [4.78, 5) is 21.7. The van der Waals surface area contributed by atoms with Gasteiger partial charge in [0, 0.05) is 36.2 Å². The summed E-state index contributed by atoms with van der Waals surface area (Å²) in [5.74, 6) is -0.798. The standard InChI is InChI=1S/C19H18N4O5S2/c24-16(25)7-2-1-3-8-22-18(26)15(30-19(22)29)10-13-11-20-21-17(13)12-5-4-6-14(9-12)23(27)28/h4-6,9-11,26H,1-3,7-8H2,(H,24,25)/b13-10-. The molecular weight excluding hydrogens is 428 g/mol. The van der Waals surface area contributed by atoms with Crippen molar-refractivity contribution in [2.75, 3.05) is 0 Å². The number of aromatic nitrogens is 1. The Morgan fingerprint density at radius 1 is 1.33 bits per heavy atom. The minimum Gasteiger partial charge on any atom is -0.493 e. The quantitative estimate of drug-likeness (QED) is 0.254. The summed E-state index contributed by atoms with van der Waals surface area (Å²) in [5, 5.41) is 38.3. The molecular formula is C19H18N4O5S2. The summed E-state index contributed by atoms with van der Waals surface area (Å²) in [5.41, 5.74) is 1.58. The Labute approximate surface area is 180 Å². The number of nitro groups is 1. The van der Waals surface area contributed by atoms with E-state index in [0.717, 1.165) is 6.42 Å². The lowest BCUT2D eigenvalue weighted by molar-refractivity contribution is -0.384. The summed E-state index contributed by atoms with van der Waals surface area (Å²) in [7, 11) is 0. The van der Waals surface area contributed by atoms with E-state index >= 15 is 0 Å². The molecule has 2 aromatic rings. The van der Waals surface area contributed by atoms with E-state index in [4.69, 9.17) is 17.3 Å². The second-order valence-corrected chi connectivity index (χ2v) is 8.19. The molecule has 30 heavy (non-hydrogen) atoms. The van der Waals surface area contributed by atoms with Crippen LogP contribution in [-0.4, -0.2) is 37.6 Å². The number of aromatic hydroxyl groups is 1. The van der Waals surface area contributed by atoms with E-state index in [1.54, 1.807) is 22.8 Å². The van der Waals surface area contributed by atoms with Gasteiger partial charge in [0.05, 0.1) is 16.0 Å². The fourth-order valence-electron chi connectivity index (χ4n) is 2.93. The Kier molecular flexibility index (Phi) is 6.85. The topological polar surface area (TPSA) is 130 Å². The number of aliphatic carboxylic acids is 1. The first-order valence-electron chi connectivity index (χ1n) is 9.09. The number of hydrogen-bond acceptors (Lipinski definition) is 8. The lowest BCUT2D eigenvalue weighted by Gasteiger charge is -2.05. The second kappa shape index (κ2) is 9.55. The van der Waals surface area contributed by atoms with Crippen molar-refractivity contribution in [3.8, 4) is 5.88 Å². The SMILES string of the molecule is O=C(O)CCCCCn1c(O)c(/C=C2/C=NN=C2c2cccc([N+](=O)[O-])c2)sc1=S. The third kappa shape index (κ3) is 5.05. The first-order chi connectivity index (χ1) is 14.4. The van der Waals surface area contributed by atoms with Crippen molar-refractivity contribution in [1.29, 1.82) is 0 Å². The van der Waals surface area contributed by atoms with Crippen molar-refractivity contribution in [3.05, 3.63) is 54.3 Å². The van der Waals surface area contributed by atoms with Crippen LogP contribution in [0.1, 0.15) is 36.1 Å². The molecule has 9 nitrogen and oxygen atoms in total. The molecule has 1 aliphatic heterocycles. The monoisotopic (exact) mass is 446 g/mol. The van der Waals surface area contributed by atoms with Gasteiger partial charge in [0.15, 0.2) is 3.95 Å². The van der Waals surface area contributed by atoms with Crippen molar-refractivity contribution >= 4 is 53.2 Å². The number of non-ortho nitro benzene ring substituents is 1. The van der Waals surface area contributed by atoms with E-state index in [1.807, 2.05) is 0 Å². The Balaban J connectivity index is 1.78. The fourth-order valence-corrected chi connectivity index (χ4v) is 4.24. The molecule has 2 heterocycles. The molecule has 2 N–H and O–H groups in total. The first kappa shape index (κ1) is 21.5. The number of allylic oxidation sites excluding steroid dienone is 1. The van der Waals surface area contributed by atoms with E-state index in [9.17, 15) is 20.0 Å². The number of carboxylic acid groups (broad SMARTS) is 1. The third-order valence-electron chi connectivity index (χ3n) is 4.41. The zero-order valence-electron chi connectivity index (χ0n) is 15.7. The summed E-state index contributed by atoms with van der Waals surface area (Å²) in [6.45, 7) is 0.490. The van der Waals surface area contributed by atoms with Gasteiger partial charge in [0.25, 0.3) is 5.69 Å². The number of rotatable bonds is 9. The summed E-state index contributed by atoms with van der Waals surface area (Å²) < 4.78 is 2.12. The highest BCUT2D eigenvalue weighted by Gasteiger charge is 2.18. The average Bonchev–Trinajstić information content (AvgIpc) is 3.27. The van der Waals surface area contributed by atoms with Crippen LogP contribution in [0.5, 0.6) is 5.88 Å². The number of carbonyl (C=O) groups is 1. The number of benzene rings is 1. The van der Waals surface area contributed by atoms with E-state index in [0.29, 0.717) is 45.1 Å². The molecule has 0 radical (unpaired) electrons. The normalized spacial score (nSPS) is 14.3. The Hall–Kier alpha value is -3.18. The van der Waals surface area contributed by atoms with Gasteiger partial charge in [-0.2, -0.15) is 5.10 Å². The van der Waals surface area contributed by atoms with E-state index in [-0.39, 0.29) is 18.0 Å². The van der Waals surface area contributed by atoms with Crippen LogP contribution in [0.25, 0.3) is 6.08 Å². The minimum absolute atomic E-state index is 0.0226. The van der Waals surface area contributed by atoms with Crippen molar-refractivity contribution in [2.45, 2.75) is 32.2 Å². The smallest absolute Gasteiger partial charge is 0.303 e. The minimum atomic E-state index is -0.821. The van der Waals surface area contributed by atoms with Crippen molar-refractivity contribution < 1.29 is 19.9 Å². The van der Waals surface area contributed by atoms with E-state index in [1.165, 1.54) is 29.7 Å². The van der Waals surface area contributed by atoms with Gasteiger partial charge in [0.1, 0.15) is 5.71 Å². The fraction of sp³-hybridized carbons (Fsp3) is 0.263. The van der Waals surface area contributed by atoms with Gasteiger partial charge < -0.3 is 10.2 Å². The average molecular weight is 447 g/mol. The molecule has 0 bridgehead atoms. The van der Waals surface area contributed by atoms with Crippen molar-refractivity contribution in [2.24, 2.45) is 10.2 Å². The zero-order valence-corrected chi connectivity index (χ0v) is 17.4. The number of thiazole rings is 1. The van der Waals surface area contributed by atoms with Crippen LogP contribution < -0.4 is 0 Å². The summed E-state index contributed by atoms with van der Waals surface area (Å²) >= 11 is 6.58. The molecule has 3 rings (SSSR count). The van der Waals surface area contributed by atoms with Crippen LogP contribution in [-0.2, 0) is 11.3 Å². The van der Waals surface area contributed by atoms with Crippen molar-refractivity contribution in [3.63, 3.8) is 0 Å². The van der Waals surface area contributed by atoms with Gasteiger partial charge >= 0.3 is 5.97 Å². The van der Waals surface area contributed by atoms with Gasteiger partial charge in [-0.25, -0.2) is 0 Å². The Morgan fingerprint density at radius 2 is 2.13 bits per heavy atom. The molecule has 0 aliphatic carbocycles. The lowest BCUT2D eigenvalue weighted by atomic mass is 10.0. The van der Waals surface area contributed by atoms with Crippen LogP contribution in [0, 0.1) is 14.1 Å². The molecule has 0 spiro atoms. The Bertz CT molecular complexity index is 1130. The van der Waals surface area contributed by atoms with Gasteiger partial charge in [-0.05, 0) is 31.1 Å². The predicted molar refractivity (Wildman–Crippen MR) is 117 cm³/mol. The predicted octanol–water partition coefficient (Wildman–Crippen LogP) is 4.41. The molecule has 0 unspecified atom stereocenters. The molecule has 11 heteroatoms. The largest absolute Gasteiger partial charge is 0.493 e. The highest BCUT2D eigenvalue weighted by molar-refractivity contribution is 7.73. The number of nitro benzene ring substituents is 1. The number of hydrogen-bond donors (Lipinski definition) is 2. The highest BCUT2D eigenvalue weighted by Crippen LogP contribution is 2.30. The summed E-state index contributed by atoms with van der Waals surface area (Å²) in [6.07, 6.45) is 5.33. The van der Waals surface area contributed by atoms with Crippen LogP contribution in [0.15, 0.2) is 40.0 Å².